The predicted octanol–water partition coefficient (Wildman–Crippen LogP) is 3.44. The third-order valence-electron chi connectivity index (χ3n) is 3.42. The minimum absolute atomic E-state index is 0.0852. The predicted molar refractivity (Wildman–Crippen MR) is 73.9 cm³/mol. The molecule has 0 radical (unpaired) electrons. The molecule has 1 fully saturated rings. The Bertz CT molecular complexity index is 778. The number of hydrogen-bond donors (Lipinski definition) is 0. The summed E-state index contributed by atoms with van der Waals surface area (Å²) < 4.78 is 53.1. The molecule has 2 heterocycles. The molecule has 1 aromatic heterocycles. The summed E-state index contributed by atoms with van der Waals surface area (Å²) in [5.41, 5.74) is -0.654. The summed E-state index contributed by atoms with van der Waals surface area (Å²) in [5.74, 6) is -1.63. The van der Waals surface area contributed by atoms with E-state index < -0.39 is 29.8 Å². The van der Waals surface area contributed by atoms with E-state index in [2.05, 4.69) is 4.74 Å². The van der Waals surface area contributed by atoms with Crippen molar-refractivity contribution in [2.75, 3.05) is 6.61 Å². The Kier molecular flexibility index (Phi) is 4.04. The van der Waals surface area contributed by atoms with Crippen molar-refractivity contribution < 1.29 is 36.7 Å². The van der Waals surface area contributed by atoms with E-state index in [0.717, 1.165) is 12.1 Å². The van der Waals surface area contributed by atoms with Gasteiger partial charge in [0.15, 0.2) is 0 Å². The summed E-state index contributed by atoms with van der Waals surface area (Å²) in [7, 11) is 0. The summed E-state index contributed by atoms with van der Waals surface area (Å²) in [4.78, 5) is 23.2. The van der Waals surface area contributed by atoms with Crippen LogP contribution in [0.1, 0.15) is 22.5 Å². The van der Waals surface area contributed by atoms with Crippen molar-refractivity contribution in [1.82, 2.24) is 0 Å². The van der Waals surface area contributed by atoms with Crippen molar-refractivity contribution in [2.24, 2.45) is 0 Å². The molecule has 126 valence electrons. The quantitative estimate of drug-likeness (QED) is 0.801. The maximum Gasteiger partial charge on any atom is 0.416 e. The molecule has 1 aliphatic rings. The van der Waals surface area contributed by atoms with Crippen LogP contribution in [-0.2, 0) is 20.4 Å². The molecule has 0 saturated carbocycles. The highest BCUT2D eigenvalue weighted by Gasteiger charge is 2.32. The van der Waals surface area contributed by atoms with Gasteiger partial charge in [0, 0.05) is 12.0 Å². The Morgan fingerprint density at radius 2 is 2.00 bits per heavy atom. The van der Waals surface area contributed by atoms with E-state index in [-0.39, 0.29) is 30.1 Å². The lowest BCUT2D eigenvalue weighted by Gasteiger charge is -2.07. The summed E-state index contributed by atoms with van der Waals surface area (Å²) >= 11 is 0. The molecule has 2 aromatic rings. The van der Waals surface area contributed by atoms with Crippen molar-refractivity contribution in [3.8, 4) is 11.3 Å². The van der Waals surface area contributed by atoms with E-state index in [0.29, 0.717) is 0 Å². The summed E-state index contributed by atoms with van der Waals surface area (Å²) in [5, 5.41) is 0. The number of alkyl halides is 3. The zero-order valence-corrected chi connectivity index (χ0v) is 12.1. The second kappa shape index (κ2) is 6.03. The molecule has 3 rings (SSSR count). The van der Waals surface area contributed by atoms with E-state index in [4.69, 9.17) is 9.15 Å². The Balaban J connectivity index is 1.78. The van der Waals surface area contributed by atoms with Crippen LogP contribution in [-0.4, -0.2) is 24.6 Å². The minimum Gasteiger partial charge on any atom is -0.463 e. The molecule has 0 N–H and O–H groups in total. The van der Waals surface area contributed by atoms with Crippen LogP contribution in [0.25, 0.3) is 11.3 Å². The van der Waals surface area contributed by atoms with Crippen LogP contribution in [0.3, 0.4) is 0 Å². The molecule has 5 nitrogen and oxygen atoms in total. The highest BCUT2D eigenvalue weighted by atomic mass is 19.4. The summed E-state index contributed by atoms with van der Waals surface area (Å²) in [6, 6.07) is 7.16. The van der Waals surface area contributed by atoms with Gasteiger partial charge in [0.25, 0.3) is 0 Å². The van der Waals surface area contributed by atoms with Crippen LogP contribution in [0, 0.1) is 0 Å². The van der Waals surface area contributed by atoms with Crippen molar-refractivity contribution in [3.63, 3.8) is 0 Å². The Hall–Kier alpha value is -2.77. The van der Waals surface area contributed by atoms with Crippen LogP contribution in [0.2, 0.25) is 0 Å². The van der Waals surface area contributed by atoms with Gasteiger partial charge in [-0.05, 0) is 24.3 Å². The number of carbonyl (C=O) groups is 2. The average Bonchev–Trinajstić information content (AvgIpc) is 3.16. The topological polar surface area (TPSA) is 65.7 Å². The zero-order chi connectivity index (χ0) is 17.3. The number of benzene rings is 1. The van der Waals surface area contributed by atoms with Gasteiger partial charge >= 0.3 is 18.1 Å². The van der Waals surface area contributed by atoms with Gasteiger partial charge in [0.1, 0.15) is 5.76 Å². The Morgan fingerprint density at radius 3 is 2.67 bits per heavy atom. The molecule has 0 amide bonds. The largest absolute Gasteiger partial charge is 0.463 e. The lowest BCUT2D eigenvalue weighted by molar-refractivity contribution is -0.145. The minimum atomic E-state index is -4.48. The highest BCUT2D eigenvalue weighted by molar-refractivity contribution is 5.89. The number of hydrogen-bond acceptors (Lipinski definition) is 5. The van der Waals surface area contributed by atoms with Crippen LogP contribution >= 0.6 is 0 Å². The van der Waals surface area contributed by atoms with Gasteiger partial charge in [0.2, 0.25) is 11.9 Å². The molecule has 1 saturated heterocycles. The molecule has 24 heavy (non-hydrogen) atoms. The molecule has 0 aliphatic carbocycles. The molecule has 1 aliphatic heterocycles. The van der Waals surface area contributed by atoms with Crippen molar-refractivity contribution >= 4 is 11.9 Å². The Morgan fingerprint density at radius 1 is 1.21 bits per heavy atom. The first kappa shape index (κ1) is 16.1. The highest BCUT2D eigenvalue weighted by Crippen LogP contribution is 2.32. The van der Waals surface area contributed by atoms with Gasteiger partial charge in [-0.3, -0.25) is 0 Å². The SMILES string of the molecule is O=C(O[C@H]1CCOC1=O)c1ccc(-c2cccc(C(F)(F)F)c2)o1. The average molecular weight is 340 g/mol. The molecule has 1 aromatic carbocycles. The van der Waals surface area contributed by atoms with Crippen molar-refractivity contribution in [2.45, 2.75) is 18.7 Å². The molecular formula is C16H11F3O5. The number of esters is 2. The summed E-state index contributed by atoms with van der Waals surface area (Å²) in [6.45, 7) is 0.171. The second-order valence-corrected chi connectivity index (χ2v) is 5.09. The standard InChI is InChI=1S/C16H11F3O5/c17-16(18,19)10-3-1-2-9(8-10)11-4-5-12(23-11)15(21)24-13-6-7-22-14(13)20/h1-5,8,13H,6-7H2/t13-/m0/s1. The van der Waals surface area contributed by atoms with Gasteiger partial charge in [-0.2, -0.15) is 13.2 Å². The fourth-order valence-corrected chi connectivity index (χ4v) is 2.22. The fraction of sp³-hybridized carbons (Fsp3) is 0.250. The van der Waals surface area contributed by atoms with Crippen LogP contribution in [0.5, 0.6) is 0 Å². The monoisotopic (exact) mass is 340 g/mol. The lowest BCUT2D eigenvalue weighted by atomic mass is 10.1. The smallest absolute Gasteiger partial charge is 0.416 e. The van der Waals surface area contributed by atoms with E-state index in [9.17, 15) is 22.8 Å². The van der Waals surface area contributed by atoms with E-state index in [1.165, 1.54) is 24.3 Å². The molecule has 0 spiro atoms. The third-order valence-corrected chi connectivity index (χ3v) is 3.42. The van der Waals surface area contributed by atoms with E-state index in [1.807, 2.05) is 0 Å². The maximum absolute atomic E-state index is 12.7. The number of rotatable bonds is 3. The van der Waals surface area contributed by atoms with E-state index in [1.54, 1.807) is 0 Å². The fourth-order valence-electron chi connectivity index (χ4n) is 2.22. The van der Waals surface area contributed by atoms with Crippen LogP contribution in [0.4, 0.5) is 13.2 Å². The number of halogens is 3. The molecule has 8 heteroatoms. The van der Waals surface area contributed by atoms with Gasteiger partial charge in [-0.15, -0.1) is 0 Å². The van der Waals surface area contributed by atoms with Gasteiger partial charge < -0.3 is 13.9 Å². The van der Waals surface area contributed by atoms with Gasteiger partial charge in [-0.25, -0.2) is 9.59 Å². The van der Waals surface area contributed by atoms with E-state index >= 15 is 0 Å². The van der Waals surface area contributed by atoms with Gasteiger partial charge in [0.05, 0.1) is 12.2 Å². The number of ether oxygens (including phenoxy) is 2. The Labute approximate surface area is 134 Å². The number of carbonyl (C=O) groups excluding carboxylic acids is 2. The van der Waals surface area contributed by atoms with Crippen LogP contribution < -0.4 is 0 Å². The molecule has 1 atom stereocenters. The molecule has 0 unspecified atom stereocenters. The first-order chi connectivity index (χ1) is 11.3. The normalized spacial score (nSPS) is 17.6. The van der Waals surface area contributed by atoms with Gasteiger partial charge in [-0.1, -0.05) is 12.1 Å². The molecule has 0 bridgehead atoms. The van der Waals surface area contributed by atoms with Crippen LogP contribution in [0.15, 0.2) is 40.8 Å². The van der Waals surface area contributed by atoms with Crippen molar-refractivity contribution in [1.29, 1.82) is 0 Å². The zero-order valence-electron chi connectivity index (χ0n) is 12.1. The summed E-state index contributed by atoms with van der Waals surface area (Å²) in [6.07, 6.45) is -5.21. The number of furan rings is 1. The molecular weight excluding hydrogens is 329 g/mol. The first-order valence-electron chi connectivity index (χ1n) is 7.00. The second-order valence-electron chi connectivity index (χ2n) is 5.09. The third kappa shape index (κ3) is 3.27. The lowest BCUT2D eigenvalue weighted by Crippen LogP contribution is -2.22. The first-order valence-corrected chi connectivity index (χ1v) is 7.00. The van der Waals surface area contributed by atoms with Crippen molar-refractivity contribution in [3.05, 3.63) is 47.7 Å². The maximum atomic E-state index is 12.7. The number of cyclic esters (lactones) is 1.